The van der Waals surface area contributed by atoms with Crippen LogP contribution < -0.4 is 5.32 Å². The van der Waals surface area contributed by atoms with Crippen LogP contribution in [0.4, 0.5) is 0 Å². The molecule has 6 heteroatoms. The molecule has 3 heterocycles. The molecule has 0 aliphatic carbocycles. The molecule has 1 aromatic carbocycles. The largest absolute Gasteiger partial charge is 0.344 e. The lowest BCUT2D eigenvalue weighted by Crippen LogP contribution is -2.28. The van der Waals surface area contributed by atoms with E-state index in [1.807, 2.05) is 73.0 Å². The van der Waals surface area contributed by atoms with Crippen LogP contribution in [0.3, 0.4) is 0 Å². The first-order valence-corrected chi connectivity index (χ1v) is 9.50. The quantitative estimate of drug-likeness (QED) is 0.560. The lowest BCUT2D eigenvalue weighted by atomic mass is 10.1. The molecule has 0 fully saturated rings. The number of rotatable bonds is 5. The summed E-state index contributed by atoms with van der Waals surface area (Å²) in [4.78, 5) is 18.2. The van der Waals surface area contributed by atoms with Gasteiger partial charge in [0, 0.05) is 12.4 Å². The second-order valence-electron chi connectivity index (χ2n) is 6.12. The van der Waals surface area contributed by atoms with Gasteiger partial charge in [-0.15, -0.1) is 11.3 Å². The Hall–Kier alpha value is -3.25. The topological polar surface area (TPSA) is 59.8 Å². The molecule has 0 bridgehead atoms. The number of nitrogens with zero attached hydrogens (tertiary/aromatic N) is 3. The van der Waals surface area contributed by atoms with Crippen molar-refractivity contribution in [1.29, 1.82) is 0 Å². The van der Waals surface area contributed by atoms with Crippen LogP contribution in [0.25, 0.3) is 16.3 Å². The van der Waals surface area contributed by atoms with Crippen LogP contribution in [0.1, 0.15) is 29.0 Å². The molecule has 1 amide bonds. The van der Waals surface area contributed by atoms with Crippen molar-refractivity contribution >= 4 is 17.2 Å². The fraction of sp³-hybridized carbons (Fsp3) is 0.0952. The molecule has 1 unspecified atom stereocenters. The van der Waals surface area contributed by atoms with Crippen LogP contribution in [0, 0.1) is 0 Å². The zero-order valence-corrected chi connectivity index (χ0v) is 15.6. The van der Waals surface area contributed by atoms with Crippen LogP contribution in [-0.4, -0.2) is 20.7 Å². The van der Waals surface area contributed by atoms with E-state index in [4.69, 9.17) is 0 Å². The third-order valence-corrected chi connectivity index (χ3v) is 5.14. The maximum Gasteiger partial charge on any atom is 0.270 e. The molecule has 4 aromatic rings. The highest BCUT2D eigenvalue weighted by molar-refractivity contribution is 7.13. The molecule has 0 aliphatic rings. The van der Waals surface area contributed by atoms with E-state index in [1.54, 1.807) is 28.4 Å². The Morgan fingerprint density at radius 3 is 2.67 bits per heavy atom. The summed E-state index contributed by atoms with van der Waals surface area (Å²) in [5.41, 5.74) is 3.09. The van der Waals surface area contributed by atoms with Crippen LogP contribution in [-0.2, 0) is 0 Å². The van der Waals surface area contributed by atoms with Crippen LogP contribution in [0.2, 0.25) is 0 Å². The summed E-state index contributed by atoms with van der Waals surface area (Å²) < 4.78 is 1.69. The Bertz CT molecular complexity index is 1030. The molecule has 3 aromatic heterocycles. The number of pyridine rings is 1. The maximum atomic E-state index is 13.0. The van der Waals surface area contributed by atoms with Crippen molar-refractivity contribution in [2.45, 2.75) is 13.0 Å². The highest BCUT2D eigenvalue weighted by atomic mass is 32.1. The van der Waals surface area contributed by atoms with Crippen molar-refractivity contribution in [1.82, 2.24) is 20.1 Å². The van der Waals surface area contributed by atoms with Gasteiger partial charge in [0.1, 0.15) is 11.4 Å². The van der Waals surface area contributed by atoms with Crippen LogP contribution in [0.15, 0.2) is 78.4 Å². The van der Waals surface area contributed by atoms with Gasteiger partial charge < -0.3 is 5.32 Å². The predicted octanol–water partition coefficient (Wildman–Crippen LogP) is 4.49. The van der Waals surface area contributed by atoms with E-state index in [9.17, 15) is 4.79 Å². The van der Waals surface area contributed by atoms with E-state index in [-0.39, 0.29) is 11.9 Å². The average molecular weight is 374 g/mol. The first-order chi connectivity index (χ1) is 13.2. The Labute approximate surface area is 161 Å². The molecule has 0 spiro atoms. The first kappa shape index (κ1) is 17.2. The number of nitrogens with one attached hydrogen (secondary N) is 1. The number of carbonyl (C=O) groups is 1. The zero-order valence-electron chi connectivity index (χ0n) is 14.7. The highest BCUT2D eigenvalue weighted by Gasteiger charge is 2.20. The van der Waals surface area contributed by atoms with Gasteiger partial charge >= 0.3 is 0 Å². The Kier molecular flexibility index (Phi) is 4.80. The molecule has 0 saturated heterocycles. The summed E-state index contributed by atoms with van der Waals surface area (Å²) in [6.07, 6.45) is 3.48. The number of aromatic nitrogens is 3. The third kappa shape index (κ3) is 3.66. The Balaban J connectivity index is 1.69. The van der Waals surface area contributed by atoms with Gasteiger partial charge in [-0.05, 0) is 48.2 Å². The standard InChI is InChI=1S/C21H18N4OS/c1-15(16-7-5-11-22-14-16)23-21(26)19-13-18(20-10-6-12-27-20)24-25(19)17-8-3-2-4-9-17/h2-15H,1H3,(H,23,26). The minimum Gasteiger partial charge on any atom is -0.344 e. The summed E-state index contributed by atoms with van der Waals surface area (Å²) >= 11 is 1.60. The molecule has 0 radical (unpaired) electrons. The van der Waals surface area contributed by atoms with E-state index >= 15 is 0 Å². The number of para-hydroxylation sites is 1. The second kappa shape index (κ2) is 7.55. The number of benzene rings is 1. The minimum atomic E-state index is -0.175. The van der Waals surface area contributed by atoms with Gasteiger partial charge in [0.2, 0.25) is 0 Å². The van der Waals surface area contributed by atoms with E-state index in [0.29, 0.717) is 5.69 Å². The van der Waals surface area contributed by atoms with Crippen molar-refractivity contribution < 1.29 is 4.79 Å². The summed E-state index contributed by atoms with van der Waals surface area (Å²) in [7, 11) is 0. The summed E-state index contributed by atoms with van der Waals surface area (Å²) in [6, 6.07) is 19.2. The van der Waals surface area contributed by atoms with Crippen molar-refractivity contribution in [2.24, 2.45) is 0 Å². The van der Waals surface area contributed by atoms with E-state index in [2.05, 4.69) is 15.4 Å². The van der Waals surface area contributed by atoms with Crippen molar-refractivity contribution in [2.75, 3.05) is 0 Å². The zero-order chi connectivity index (χ0) is 18.6. The van der Waals surface area contributed by atoms with Crippen molar-refractivity contribution in [3.8, 4) is 16.3 Å². The molecule has 5 nitrogen and oxygen atoms in total. The molecule has 1 N–H and O–H groups in total. The van der Waals surface area contributed by atoms with Crippen LogP contribution >= 0.6 is 11.3 Å². The number of hydrogen-bond donors (Lipinski definition) is 1. The molecule has 0 aliphatic heterocycles. The molecule has 27 heavy (non-hydrogen) atoms. The predicted molar refractivity (Wildman–Crippen MR) is 107 cm³/mol. The molecule has 4 rings (SSSR count). The van der Waals surface area contributed by atoms with E-state index < -0.39 is 0 Å². The number of amides is 1. The van der Waals surface area contributed by atoms with Gasteiger partial charge in [-0.1, -0.05) is 30.3 Å². The van der Waals surface area contributed by atoms with Gasteiger partial charge in [0.05, 0.1) is 16.6 Å². The van der Waals surface area contributed by atoms with Gasteiger partial charge in [-0.2, -0.15) is 5.10 Å². The van der Waals surface area contributed by atoms with Gasteiger partial charge in [-0.25, -0.2) is 4.68 Å². The monoisotopic (exact) mass is 374 g/mol. The number of hydrogen-bond acceptors (Lipinski definition) is 4. The lowest BCUT2D eigenvalue weighted by Gasteiger charge is -2.14. The van der Waals surface area contributed by atoms with E-state index in [0.717, 1.165) is 21.8 Å². The van der Waals surface area contributed by atoms with Crippen LogP contribution in [0.5, 0.6) is 0 Å². The fourth-order valence-corrected chi connectivity index (χ4v) is 3.52. The first-order valence-electron chi connectivity index (χ1n) is 8.62. The number of carbonyl (C=O) groups excluding carboxylic acids is 1. The van der Waals surface area contributed by atoms with Gasteiger partial charge in [-0.3, -0.25) is 9.78 Å². The average Bonchev–Trinajstić information content (AvgIpc) is 3.39. The molecule has 0 saturated carbocycles. The number of thiophene rings is 1. The summed E-state index contributed by atoms with van der Waals surface area (Å²) in [5.74, 6) is -0.175. The summed E-state index contributed by atoms with van der Waals surface area (Å²) in [6.45, 7) is 1.94. The Morgan fingerprint density at radius 1 is 1.11 bits per heavy atom. The molecule has 134 valence electrons. The molecule has 1 atom stereocenters. The lowest BCUT2D eigenvalue weighted by molar-refractivity contribution is 0.0932. The fourth-order valence-electron chi connectivity index (χ4n) is 2.84. The molecular formula is C21H18N4OS. The van der Waals surface area contributed by atoms with Gasteiger partial charge in [0.15, 0.2) is 0 Å². The highest BCUT2D eigenvalue weighted by Crippen LogP contribution is 2.26. The second-order valence-corrected chi connectivity index (χ2v) is 7.07. The smallest absolute Gasteiger partial charge is 0.270 e. The Morgan fingerprint density at radius 2 is 1.96 bits per heavy atom. The molecular weight excluding hydrogens is 356 g/mol. The summed E-state index contributed by atoms with van der Waals surface area (Å²) in [5, 5.41) is 9.72. The van der Waals surface area contributed by atoms with Crippen molar-refractivity contribution in [3.63, 3.8) is 0 Å². The SMILES string of the molecule is CC(NC(=O)c1cc(-c2cccs2)nn1-c1ccccc1)c1cccnc1. The van der Waals surface area contributed by atoms with E-state index in [1.165, 1.54) is 0 Å². The maximum absolute atomic E-state index is 13.0. The van der Waals surface area contributed by atoms with Crippen molar-refractivity contribution in [3.05, 3.63) is 89.7 Å². The minimum absolute atomic E-state index is 0.157. The van der Waals surface area contributed by atoms with Gasteiger partial charge in [0.25, 0.3) is 5.91 Å². The normalized spacial score (nSPS) is 11.9. The third-order valence-electron chi connectivity index (χ3n) is 4.25.